The van der Waals surface area contributed by atoms with Crippen molar-refractivity contribution in [1.82, 2.24) is 10.6 Å². The van der Waals surface area contributed by atoms with Crippen molar-refractivity contribution < 1.29 is 19.1 Å². The number of hydrogen-bond donors (Lipinski definition) is 2. The normalized spacial score (nSPS) is 16.2. The van der Waals surface area contributed by atoms with E-state index in [1.165, 1.54) is 5.56 Å². The molecule has 2 aromatic carbocycles. The molecule has 1 aliphatic carbocycles. The van der Waals surface area contributed by atoms with Gasteiger partial charge in [0.1, 0.15) is 13.2 Å². The Morgan fingerprint density at radius 2 is 1.69 bits per heavy atom. The molecule has 1 aliphatic heterocycles. The second kappa shape index (κ2) is 9.23. The van der Waals surface area contributed by atoms with Crippen molar-refractivity contribution in [3.05, 3.63) is 59.2 Å². The molecule has 32 heavy (non-hydrogen) atoms. The van der Waals surface area contributed by atoms with Crippen LogP contribution in [-0.4, -0.2) is 31.6 Å². The summed E-state index contributed by atoms with van der Waals surface area (Å²) in [6.07, 6.45) is 2.43. The predicted octanol–water partition coefficient (Wildman–Crippen LogP) is 4.14. The van der Waals surface area contributed by atoms with Gasteiger partial charge in [-0.25, -0.2) is 0 Å². The van der Waals surface area contributed by atoms with Crippen LogP contribution in [0.1, 0.15) is 67.6 Å². The third kappa shape index (κ3) is 5.42. The first-order valence-corrected chi connectivity index (χ1v) is 11.4. The molecule has 1 fully saturated rings. The number of nitrogens with one attached hydrogen (secondary N) is 2. The van der Waals surface area contributed by atoms with Crippen LogP contribution in [-0.2, 0) is 10.2 Å². The molecule has 6 heteroatoms. The Labute approximate surface area is 189 Å². The Balaban J connectivity index is 1.29. The third-order valence-corrected chi connectivity index (χ3v) is 5.99. The molecule has 0 saturated heterocycles. The number of benzene rings is 2. The maximum Gasteiger partial charge on any atom is 0.251 e. The van der Waals surface area contributed by atoms with Crippen LogP contribution in [0.5, 0.6) is 11.5 Å². The van der Waals surface area contributed by atoms with E-state index in [1.807, 2.05) is 42.5 Å². The van der Waals surface area contributed by atoms with Crippen LogP contribution in [0.4, 0.5) is 0 Å². The van der Waals surface area contributed by atoms with Crippen molar-refractivity contribution in [3.8, 4) is 11.5 Å². The molecule has 170 valence electrons. The summed E-state index contributed by atoms with van der Waals surface area (Å²) in [5.41, 5.74) is 2.86. The minimum absolute atomic E-state index is 0.0426. The average Bonchev–Trinajstić information content (AvgIpc) is 3.62. The summed E-state index contributed by atoms with van der Waals surface area (Å²) < 4.78 is 11.3. The molecule has 2 aromatic rings. The highest BCUT2D eigenvalue weighted by Gasteiger charge is 2.34. The molecule has 2 amide bonds. The largest absolute Gasteiger partial charge is 0.486 e. The van der Waals surface area contributed by atoms with Gasteiger partial charge in [-0.15, -0.1) is 0 Å². The van der Waals surface area contributed by atoms with Crippen molar-refractivity contribution in [1.29, 1.82) is 0 Å². The molecule has 1 atom stereocenters. The maximum atomic E-state index is 12.6. The molecule has 0 aromatic heterocycles. The van der Waals surface area contributed by atoms with E-state index in [0.717, 1.165) is 29.9 Å². The first-order chi connectivity index (χ1) is 15.3. The van der Waals surface area contributed by atoms with E-state index in [9.17, 15) is 9.59 Å². The monoisotopic (exact) mass is 436 g/mol. The average molecular weight is 437 g/mol. The second-order valence-corrected chi connectivity index (χ2v) is 9.62. The van der Waals surface area contributed by atoms with Crippen molar-refractivity contribution >= 4 is 11.8 Å². The van der Waals surface area contributed by atoms with Gasteiger partial charge in [0.15, 0.2) is 11.5 Å². The zero-order valence-corrected chi connectivity index (χ0v) is 19.1. The fraction of sp³-hybridized carbons (Fsp3) is 0.462. The van der Waals surface area contributed by atoms with Crippen molar-refractivity contribution in [3.63, 3.8) is 0 Å². The highest BCUT2D eigenvalue weighted by molar-refractivity contribution is 5.94. The smallest absolute Gasteiger partial charge is 0.251 e. The first kappa shape index (κ1) is 22.2. The van der Waals surface area contributed by atoms with E-state index in [2.05, 4.69) is 31.4 Å². The Kier molecular flexibility index (Phi) is 6.40. The molecule has 0 spiro atoms. The summed E-state index contributed by atoms with van der Waals surface area (Å²) in [6, 6.07) is 13.5. The molecular formula is C26H32N2O4. The first-order valence-electron chi connectivity index (χ1n) is 11.4. The second-order valence-electron chi connectivity index (χ2n) is 9.62. The summed E-state index contributed by atoms with van der Waals surface area (Å²) in [5.74, 6) is 1.69. The topological polar surface area (TPSA) is 76.7 Å². The number of carbonyl (C=O) groups excluding carboxylic acids is 2. The zero-order valence-electron chi connectivity index (χ0n) is 19.1. The van der Waals surface area contributed by atoms with Crippen molar-refractivity contribution in [2.24, 2.45) is 5.92 Å². The van der Waals surface area contributed by atoms with Gasteiger partial charge in [0.2, 0.25) is 5.91 Å². The number of rotatable bonds is 7. The number of fused-ring (bicyclic) bond motifs is 1. The summed E-state index contributed by atoms with van der Waals surface area (Å²) in [7, 11) is 0. The Hall–Kier alpha value is -3.02. The van der Waals surface area contributed by atoms with Crippen LogP contribution in [0, 0.1) is 5.92 Å². The number of hydrogen-bond acceptors (Lipinski definition) is 4. The SMILES string of the molecule is CC(C)(C)c1ccc(C(=O)NCCC(=O)N[C@@H](c2ccc3c(c2)OCCO3)C2CC2)cc1. The molecule has 2 aliphatic rings. The molecular weight excluding hydrogens is 404 g/mol. The number of amides is 2. The molecule has 1 heterocycles. The Bertz CT molecular complexity index is 974. The van der Waals surface area contributed by atoms with E-state index >= 15 is 0 Å². The predicted molar refractivity (Wildman–Crippen MR) is 123 cm³/mol. The quantitative estimate of drug-likeness (QED) is 0.684. The van der Waals surface area contributed by atoms with Crippen LogP contribution in [0.15, 0.2) is 42.5 Å². The summed E-state index contributed by atoms with van der Waals surface area (Å²) in [6.45, 7) is 7.81. The molecule has 0 radical (unpaired) electrons. The minimum atomic E-state index is -0.163. The fourth-order valence-electron chi connectivity index (χ4n) is 3.92. The van der Waals surface area contributed by atoms with E-state index in [-0.39, 0.29) is 29.7 Å². The van der Waals surface area contributed by atoms with Crippen molar-refractivity contribution in [2.75, 3.05) is 19.8 Å². The number of ether oxygens (including phenoxy) is 2. The van der Waals surface area contributed by atoms with Crippen molar-refractivity contribution in [2.45, 2.75) is 51.5 Å². The van der Waals surface area contributed by atoms with Gasteiger partial charge in [-0.1, -0.05) is 39.0 Å². The Morgan fingerprint density at radius 3 is 2.34 bits per heavy atom. The molecule has 0 bridgehead atoms. The van der Waals surface area contributed by atoms with Gasteiger partial charge in [0.25, 0.3) is 5.91 Å². The molecule has 0 unspecified atom stereocenters. The van der Waals surface area contributed by atoms with Crippen LogP contribution in [0.3, 0.4) is 0 Å². The van der Waals surface area contributed by atoms with E-state index < -0.39 is 0 Å². The van der Waals surface area contributed by atoms with Crippen LogP contribution >= 0.6 is 0 Å². The highest BCUT2D eigenvalue weighted by Crippen LogP contribution is 2.43. The summed E-state index contributed by atoms with van der Waals surface area (Å²) >= 11 is 0. The summed E-state index contributed by atoms with van der Waals surface area (Å²) in [4.78, 5) is 25.0. The van der Waals surface area contributed by atoms with Gasteiger partial charge < -0.3 is 20.1 Å². The van der Waals surface area contributed by atoms with Gasteiger partial charge in [-0.3, -0.25) is 9.59 Å². The van der Waals surface area contributed by atoms with E-state index in [0.29, 0.717) is 31.2 Å². The van der Waals surface area contributed by atoms with E-state index in [4.69, 9.17) is 9.47 Å². The number of carbonyl (C=O) groups is 2. The van der Waals surface area contributed by atoms with Gasteiger partial charge in [-0.05, 0) is 59.6 Å². The highest BCUT2D eigenvalue weighted by atomic mass is 16.6. The lowest BCUT2D eigenvalue weighted by molar-refractivity contribution is -0.121. The van der Waals surface area contributed by atoms with Gasteiger partial charge in [0.05, 0.1) is 6.04 Å². The zero-order chi connectivity index (χ0) is 22.7. The van der Waals surface area contributed by atoms with Crippen LogP contribution in [0.2, 0.25) is 0 Å². The van der Waals surface area contributed by atoms with Gasteiger partial charge in [-0.2, -0.15) is 0 Å². The Morgan fingerprint density at radius 1 is 1.00 bits per heavy atom. The lowest BCUT2D eigenvalue weighted by Crippen LogP contribution is -2.33. The minimum Gasteiger partial charge on any atom is -0.486 e. The third-order valence-electron chi connectivity index (χ3n) is 5.99. The standard InChI is InChI=1S/C26H32N2O4/c1-26(2,3)20-9-6-18(7-10-20)25(30)27-13-12-23(29)28-24(17-4-5-17)19-8-11-21-22(16-19)32-15-14-31-21/h6-11,16-17,24H,4-5,12-15H2,1-3H3,(H,27,30)(H,28,29)/t24-/m1/s1. The molecule has 1 saturated carbocycles. The lowest BCUT2D eigenvalue weighted by atomic mass is 9.87. The van der Waals surface area contributed by atoms with E-state index in [1.54, 1.807) is 0 Å². The van der Waals surface area contributed by atoms with Crippen LogP contribution in [0.25, 0.3) is 0 Å². The summed E-state index contributed by atoms with van der Waals surface area (Å²) in [5, 5.41) is 6.00. The van der Waals surface area contributed by atoms with Gasteiger partial charge in [0, 0.05) is 18.5 Å². The maximum absolute atomic E-state index is 12.6. The molecule has 6 nitrogen and oxygen atoms in total. The van der Waals surface area contributed by atoms with Gasteiger partial charge >= 0.3 is 0 Å². The fourth-order valence-corrected chi connectivity index (χ4v) is 3.92. The molecule has 4 rings (SSSR count). The molecule has 2 N–H and O–H groups in total. The lowest BCUT2D eigenvalue weighted by Gasteiger charge is -2.23. The van der Waals surface area contributed by atoms with Crippen LogP contribution < -0.4 is 20.1 Å².